The summed E-state index contributed by atoms with van der Waals surface area (Å²) in [6.07, 6.45) is 1.42. The molecule has 2 aromatic rings. The summed E-state index contributed by atoms with van der Waals surface area (Å²) in [5.41, 5.74) is 0.103. The first-order valence-corrected chi connectivity index (χ1v) is 7.06. The van der Waals surface area contributed by atoms with Gasteiger partial charge in [0, 0.05) is 5.56 Å². The number of carbonyl (C=O) groups excluding carboxylic acids is 1. The van der Waals surface area contributed by atoms with Crippen molar-refractivity contribution in [1.29, 1.82) is 0 Å². The Labute approximate surface area is 119 Å². The Balaban J connectivity index is 2.27. The molecule has 0 spiro atoms. The topological polar surface area (TPSA) is 49.3 Å². The van der Waals surface area contributed by atoms with Gasteiger partial charge in [-0.05, 0) is 35.7 Å². The highest BCUT2D eigenvalue weighted by atomic mass is 16.3. The van der Waals surface area contributed by atoms with Crippen LogP contribution in [0.15, 0.2) is 42.5 Å². The highest BCUT2D eigenvalue weighted by Gasteiger charge is 2.27. The predicted molar refractivity (Wildman–Crippen MR) is 81.8 cm³/mol. The van der Waals surface area contributed by atoms with Gasteiger partial charge in [0.15, 0.2) is 0 Å². The number of rotatable bonds is 5. The normalized spacial score (nSPS) is 11.6. The van der Waals surface area contributed by atoms with E-state index in [0.29, 0.717) is 18.4 Å². The molecule has 0 heterocycles. The molecule has 3 nitrogen and oxygen atoms in total. The number of aliphatic hydroxyl groups is 1. The minimum absolute atomic E-state index is 0.0423. The number of fused-ring (bicyclic) bond motifs is 1. The van der Waals surface area contributed by atoms with E-state index in [1.165, 1.54) is 0 Å². The maximum absolute atomic E-state index is 12.4. The molecule has 2 rings (SSSR count). The molecule has 0 unspecified atom stereocenters. The summed E-state index contributed by atoms with van der Waals surface area (Å²) < 4.78 is 0. The van der Waals surface area contributed by atoms with Gasteiger partial charge in [-0.3, -0.25) is 4.79 Å². The lowest BCUT2D eigenvalue weighted by atomic mass is 9.93. The molecular weight excluding hydrogens is 250 g/mol. The van der Waals surface area contributed by atoms with E-state index in [0.717, 1.165) is 10.8 Å². The fourth-order valence-corrected chi connectivity index (χ4v) is 2.33. The smallest absolute Gasteiger partial charge is 0.251 e. The summed E-state index contributed by atoms with van der Waals surface area (Å²) in [7, 11) is 0. The van der Waals surface area contributed by atoms with Crippen molar-refractivity contribution in [1.82, 2.24) is 5.32 Å². The van der Waals surface area contributed by atoms with Gasteiger partial charge in [0.2, 0.25) is 0 Å². The van der Waals surface area contributed by atoms with Crippen LogP contribution in [0.5, 0.6) is 0 Å². The van der Waals surface area contributed by atoms with Gasteiger partial charge in [0.1, 0.15) is 0 Å². The van der Waals surface area contributed by atoms with Crippen molar-refractivity contribution in [3.05, 3.63) is 48.0 Å². The molecule has 0 bridgehead atoms. The summed E-state index contributed by atoms with van der Waals surface area (Å²) in [5, 5.41) is 14.7. The maximum Gasteiger partial charge on any atom is 0.251 e. The monoisotopic (exact) mass is 271 g/mol. The van der Waals surface area contributed by atoms with Crippen LogP contribution in [0.25, 0.3) is 10.8 Å². The standard InChI is InChI=1S/C17H21NO2/c1-3-17(4-2,12-19)18-16(20)15-10-9-13-7-5-6-8-14(13)11-15/h5-11,19H,3-4,12H2,1-2H3,(H,18,20). The van der Waals surface area contributed by atoms with Crippen molar-refractivity contribution in [3.8, 4) is 0 Å². The second kappa shape index (κ2) is 6.06. The SMILES string of the molecule is CCC(CC)(CO)NC(=O)c1ccc2ccccc2c1. The average molecular weight is 271 g/mol. The first kappa shape index (κ1) is 14.5. The largest absolute Gasteiger partial charge is 0.394 e. The second-order valence-corrected chi connectivity index (χ2v) is 5.16. The third kappa shape index (κ3) is 2.83. The Bertz CT molecular complexity index is 594. The van der Waals surface area contributed by atoms with E-state index < -0.39 is 5.54 Å². The quantitative estimate of drug-likeness (QED) is 0.877. The average Bonchev–Trinajstić information content (AvgIpc) is 2.52. The number of nitrogens with one attached hydrogen (secondary N) is 1. The maximum atomic E-state index is 12.4. The number of aliphatic hydroxyl groups excluding tert-OH is 1. The molecule has 0 atom stereocenters. The Morgan fingerprint density at radius 2 is 1.75 bits per heavy atom. The third-order valence-corrected chi connectivity index (χ3v) is 4.05. The van der Waals surface area contributed by atoms with Crippen LogP contribution in [0, 0.1) is 0 Å². The van der Waals surface area contributed by atoms with Gasteiger partial charge < -0.3 is 10.4 Å². The predicted octanol–water partition coefficient (Wildman–Crippen LogP) is 3.12. The first-order chi connectivity index (χ1) is 9.64. The second-order valence-electron chi connectivity index (χ2n) is 5.16. The molecular formula is C17H21NO2. The molecule has 0 fully saturated rings. The number of hydrogen-bond acceptors (Lipinski definition) is 2. The van der Waals surface area contributed by atoms with Crippen molar-refractivity contribution < 1.29 is 9.90 Å². The highest BCUT2D eigenvalue weighted by Crippen LogP contribution is 2.18. The van der Waals surface area contributed by atoms with E-state index in [9.17, 15) is 9.90 Å². The minimum atomic E-state index is -0.525. The van der Waals surface area contributed by atoms with Gasteiger partial charge in [-0.15, -0.1) is 0 Å². The first-order valence-electron chi connectivity index (χ1n) is 7.06. The van der Waals surface area contributed by atoms with Gasteiger partial charge in [-0.1, -0.05) is 44.2 Å². The number of carbonyl (C=O) groups is 1. The molecule has 0 aromatic heterocycles. The summed E-state index contributed by atoms with van der Waals surface area (Å²) in [4.78, 5) is 12.4. The number of benzene rings is 2. The number of hydrogen-bond donors (Lipinski definition) is 2. The molecule has 2 N–H and O–H groups in total. The molecule has 20 heavy (non-hydrogen) atoms. The van der Waals surface area contributed by atoms with Crippen LogP contribution in [-0.4, -0.2) is 23.2 Å². The van der Waals surface area contributed by atoms with E-state index in [2.05, 4.69) is 5.32 Å². The molecule has 0 saturated heterocycles. The fourth-order valence-electron chi connectivity index (χ4n) is 2.33. The Morgan fingerprint density at radius 3 is 2.35 bits per heavy atom. The summed E-state index contributed by atoms with van der Waals surface area (Å²) in [6.45, 7) is 3.90. The van der Waals surface area contributed by atoms with Crippen LogP contribution >= 0.6 is 0 Å². The van der Waals surface area contributed by atoms with Crippen molar-refractivity contribution in [3.63, 3.8) is 0 Å². The Kier molecular flexibility index (Phi) is 4.40. The molecule has 0 aliphatic carbocycles. The van der Waals surface area contributed by atoms with Gasteiger partial charge in [-0.25, -0.2) is 0 Å². The van der Waals surface area contributed by atoms with Crippen molar-refractivity contribution in [2.24, 2.45) is 0 Å². The lowest BCUT2D eigenvalue weighted by Crippen LogP contribution is -2.50. The molecule has 0 radical (unpaired) electrons. The lowest BCUT2D eigenvalue weighted by Gasteiger charge is -2.30. The van der Waals surface area contributed by atoms with Crippen molar-refractivity contribution in [2.45, 2.75) is 32.2 Å². The van der Waals surface area contributed by atoms with Crippen LogP contribution in [0.4, 0.5) is 0 Å². The molecule has 2 aromatic carbocycles. The third-order valence-electron chi connectivity index (χ3n) is 4.05. The van der Waals surface area contributed by atoms with Crippen LogP contribution in [0.3, 0.4) is 0 Å². The molecule has 0 aliphatic heterocycles. The van der Waals surface area contributed by atoms with E-state index >= 15 is 0 Å². The fraction of sp³-hybridized carbons (Fsp3) is 0.353. The van der Waals surface area contributed by atoms with E-state index in [1.54, 1.807) is 0 Å². The van der Waals surface area contributed by atoms with E-state index in [1.807, 2.05) is 56.3 Å². The zero-order chi connectivity index (χ0) is 14.6. The van der Waals surface area contributed by atoms with Crippen molar-refractivity contribution in [2.75, 3.05) is 6.61 Å². The molecule has 106 valence electrons. The zero-order valence-corrected chi connectivity index (χ0v) is 12.0. The van der Waals surface area contributed by atoms with Crippen LogP contribution < -0.4 is 5.32 Å². The van der Waals surface area contributed by atoms with Gasteiger partial charge in [-0.2, -0.15) is 0 Å². The van der Waals surface area contributed by atoms with Gasteiger partial charge in [0.05, 0.1) is 12.1 Å². The minimum Gasteiger partial charge on any atom is -0.394 e. The highest BCUT2D eigenvalue weighted by molar-refractivity contribution is 5.98. The van der Waals surface area contributed by atoms with Crippen LogP contribution in [0.1, 0.15) is 37.0 Å². The van der Waals surface area contributed by atoms with Gasteiger partial charge in [0.25, 0.3) is 5.91 Å². The Morgan fingerprint density at radius 1 is 1.10 bits per heavy atom. The zero-order valence-electron chi connectivity index (χ0n) is 12.0. The molecule has 1 amide bonds. The van der Waals surface area contributed by atoms with Crippen molar-refractivity contribution >= 4 is 16.7 Å². The van der Waals surface area contributed by atoms with Crippen LogP contribution in [-0.2, 0) is 0 Å². The summed E-state index contributed by atoms with van der Waals surface area (Å²) in [6, 6.07) is 13.6. The summed E-state index contributed by atoms with van der Waals surface area (Å²) in [5.74, 6) is -0.131. The van der Waals surface area contributed by atoms with E-state index in [-0.39, 0.29) is 12.5 Å². The number of amides is 1. The molecule has 3 heteroatoms. The van der Waals surface area contributed by atoms with E-state index in [4.69, 9.17) is 0 Å². The van der Waals surface area contributed by atoms with Crippen LogP contribution in [0.2, 0.25) is 0 Å². The molecule has 0 aliphatic rings. The lowest BCUT2D eigenvalue weighted by molar-refractivity contribution is 0.0818. The Hall–Kier alpha value is -1.87. The molecule has 0 saturated carbocycles. The van der Waals surface area contributed by atoms with Gasteiger partial charge >= 0.3 is 0 Å². The summed E-state index contributed by atoms with van der Waals surface area (Å²) >= 11 is 0.